The monoisotopic (exact) mass is 247 g/mol. The zero-order chi connectivity index (χ0) is 13.5. The standard InChI is InChI=1S/C13H13NO4/c1-16-11-6-9(4-5-10(15)8-14)7-12(17-2)13(11)18-3/h4-7H,1-3H3. The highest BCUT2D eigenvalue weighted by Crippen LogP contribution is 2.38. The molecule has 5 nitrogen and oxygen atoms in total. The molecule has 0 N–H and O–H groups in total. The zero-order valence-electron chi connectivity index (χ0n) is 10.4. The van der Waals surface area contributed by atoms with Crippen LogP contribution in [0.2, 0.25) is 0 Å². The van der Waals surface area contributed by atoms with Gasteiger partial charge in [-0.25, -0.2) is 0 Å². The van der Waals surface area contributed by atoms with Gasteiger partial charge in [0.2, 0.25) is 5.75 Å². The second-order valence-corrected chi connectivity index (χ2v) is 3.27. The molecule has 1 aromatic carbocycles. The highest BCUT2D eigenvalue weighted by Gasteiger charge is 2.11. The Kier molecular flexibility index (Phi) is 4.76. The van der Waals surface area contributed by atoms with E-state index < -0.39 is 5.78 Å². The van der Waals surface area contributed by atoms with Gasteiger partial charge in [0, 0.05) is 0 Å². The Balaban J connectivity index is 3.20. The Morgan fingerprint density at radius 2 is 1.72 bits per heavy atom. The van der Waals surface area contributed by atoms with E-state index in [2.05, 4.69) is 0 Å². The van der Waals surface area contributed by atoms with Crippen molar-refractivity contribution in [1.82, 2.24) is 0 Å². The minimum atomic E-state index is -0.622. The number of methoxy groups -OCH3 is 3. The average molecular weight is 247 g/mol. The fourth-order valence-corrected chi connectivity index (χ4v) is 1.41. The van der Waals surface area contributed by atoms with Gasteiger partial charge in [-0.2, -0.15) is 5.26 Å². The molecule has 1 rings (SSSR count). The van der Waals surface area contributed by atoms with Crippen LogP contribution < -0.4 is 14.2 Å². The Morgan fingerprint density at radius 1 is 1.17 bits per heavy atom. The molecule has 0 saturated heterocycles. The first-order valence-electron chi connectivity index (χ1n) is 5.08. The molecule has 0 saturated carbocycles. The number of benzene rings is 1. The van der Waals surface area contributed by atoms with E-state index in [0.717, 1.165) is 0 Å². The summed E-state index contributed by atoms with van der Waals surface area (Å²) in [5.74, 6) is 0.828. The Morgan fingerprint density at radius 3 is 2.11 bits per heavy atom. The van der Waals surface area contributed by atoms with Crippen molar-refractivity contribution in [2.24, 2.45) is 0 Å². The topological polar surface area (TPSA) is 68.6 Å². The number of carbonyl (C=O) groups excluding carboxylic acids is 1. The van der Waals surface area contributed by atoms with Crippen molar-refractivity contribution in [3.05, 3.63) is 23.8 Å². The van der Waals surface area contributed by atoms with Gasteiger partial charge in [0.05, 0.1) is 21.3 Å². The molecule has 94 valence electrons. The van der Waals surface area contributed by atoms with E-state index in [4.69, 9.17) is 19.5 Å². The minimum absolute atomic E-state index is 0.476. The van der Waals surface area contributed by atoms with Crippen LogP contribution in [0.25, 0.3) is 6.08 Å². The third-order valence-electron chi connectivity index (χ3n) is 2.22. The molecule has 0 aromatic heterocycles. The number of carbonyl (C=O) groups is 1. The smallest absolute Gasteiger partial charge is 0.255 e. The van der Waals surface area contributed by atoms with Gasteiger partial charge in [0.15, 0.2) is 11.5 Å². The molecule has 5 heteroatoms. The molecule has 1 aromatic rings. The maximum Gasteiger partial charge on any atom is 0.255 e. The summed E-state index contributed by atoms with van der Waals surface area (Å²) in [7, 11) is 4.52. The second kappa shape index (κ2) is 6.30. The summed E-state index contributed by atoms with van der Waals surface area (Å²) in [4.78, 5) is 10.9. The number of hydrogen-bond acceptors (Lipinski definition) is 5. The number of allylic oxidation sites excluding steroid dienone is 1. The lowest BCUT2D eigenvalue weighted by atomic mass is 10.1. The van der Waals surface area contributed by atoms with Crippen LogP contribution in [-0.4, -0.2) is 27.1 Å². The van der Waals surface area contributed by atoms with Crippen molar-refractivity contribution < 1.29 is 19.0 Å². The first-order valence-corrected chi connectivity index (χ1v) is 5.08. The van der Waals surface area contributed by atoms with Crippen molar-refractivity contribution in [3.8, 4) is 23.3 Å². The Hall–Kier alpha value is -2.48. The molecule has 0 atom stereocenters. The van der Waals surface area contributed by atoms with Gasteiger partial charge in [0.1, 0.15) is 6.07 Å². The third-order valence-corrected chi connectivity index (χ3v) is 2.22. The van der Waals surface area contributed by atoms with Crippen LogP contribution in [0.5, 0.6) is 17.2 Å². The zero-order valence-corrected chi connectivity index (χ0v) is 10.4. The summed E-state index contributed by atoms with van der Waals surface area (Å²) in [5, 5.41) is 8.38. The van der Waals surface area contributed by atoms with Crippen LogP contribution in [0.3, 0.4) is 0 Å². The molecule has 0 fully saturated rings. The van der Waals surface area contributed by atoms with Crippen molar-refractivity contribution >= 4 is 11.9 Å². The Labute approximate surface area is 105 Å². The third kappa shape index (κ3) is 3.01. The number of ketones is 1. The van der Waals surface area contributed by atoms with Crippen molar-refractivity contribution in [2.45, 2.75) is 0 Å². The maximum absolute atomic E-state index is 10.9. The van der Waals surface area contributed by atoms with E-state index in [1.165, 1.54) is 39.6 Å². The first-order chi connectivity index (χ1) is 8.65. The SMILES string of the molecule is COc1cc(C=CC(=O)C#N)cc(OC)c1OC. The summed E-state index contributed by atoms with van der Waals surface area (Å²) >= 11 is 0. The molecule has 0 aliphatic heterocycles. The first kappa shape index (κ1) is 13.6. The molecular weight excluding hydrogens is 234 g/mol. The van der Waals surface area contributed by atoms with Gasteiger partial charge in [-0.15, -0.1) is 0 Å². The summed E-state index contributed by atoms with van der Waals surface area (Å²) in [6.07, 6.45) is 2.69. The molecule has 0 spiro atoms. The summed E-state index contributed by atoms with van der Waals surface area (Å²) in [6, 6.07) is 4.87. The van der Waals surface area contributed by atoms with Crippen LogP contribution in [0, 0.1) is 11.3 Å². The van der Waals surface area contributed by atoms with Crippen molar-refractivity contribution in [3.63, 3.8) is 0 Å². The normalized spacial score (nSPS) is 9.89. The van der Waals surface area contributed by atoms with Gasteiger partial charge >= 0.3 is 0 Å². The van der Waals surface area contributed by atoms with Crippen molar-refractivity contribution in [2.75, 3.05) is 21.3 Å². The van der Waals surface area contributed by atoms with E-state index >= 15 is 0 Å². The van der Waals surface area contributed by atoms with Crippen LogP contribution in [0.1, 0.15) is 5.56 Å². The predicted molar refractivity (Wildman–Crippen MR) is 65.8 cm³/mol. The van der Waals surface area contributed by atoms with E-state index in [0.29, 0.717) is 22.8 Å². The van der Waals surface area contributed by atoms with Gasteiger partial charge in [-0.05, 0) is 23.8 Å². The molecular formula is C13H13NO4. The molecule has 0 amide bonds. The number of hydrogen-bond donors (Lipinski definition) is 0. The van der Waals surface area contributed by atoms with E-state index in [1.807, 2.05) is 0 Å². The van der Waals surface area contributed by atoms with Gasteiger partial charge in [-0.1, -0.05) is 6.08 Å². The van der Waals surface area contributed by atoms with E-state index in [-0.39, 0.29) is 0 Å². The highest BCUT2D eigenvalue weighted by atomic mass is 16.5. The molecule has 0 aliphatic carbocycles. The van der Waals surface area contributed by atoms with Crippen LogP contribution in [0.15, 0.2) is 18.2 Å². The summed E-state index contributed by atoms with van der Waals surface area (Å²) < 4.78 is 15.5. The largest absolute Gasteiger partial charge is 0.493 e. The van der Waals surface area contributed by atoms with E-state index in [9.17, 15) is 4.79 Å². The van der Waals surface area contributed by atoms with Crippen LogP contribution >= 0.6 is 0 Å². The number of nitrogens with zero attached hydrogens (tertiary/aromatic N) is 1. The molecule has 0 aliphatic rings. The predicted octanol–water partition coefficient (Wildman–Crippen LogP) is 1.82. The van der Waals surface area contributed by atoms with Gasteiger partial charge < -0.3 is 14.2 Å². The van der Waals surface area contributed by atoms with Crippen LogP contribution in [-0.2, 0) is 4.79 Å². The molecule has 18 heavy (non-hydrogen) atoms. The lowest BCUT2D eigenvalue weighted by Gasteiger charge is -2.12. The van der Waals surface area contributed by atoms with Crippen molar-refractivity contribution in [1.29, 1.82) is 5.26 Å². The molecule has 0 unspecified atom stereocenters. The summed E-state index contributed by atoms with van der Waals surface area (Å²) in [5.41, 5.74) is 0.674. The Bertz CT molecular complexity index is 489. The second-order valence-electron chi connectivity index (χ2n) is 3.27. The van der Waals surface area contributed by atoms with Gasteiger partial charge in [-0.3, -0.25) is 4.79 Å². The number of rotatable bonds is 5. The summed E-state index contributed by atoms with van der Waals surface area (Å²) in [6.45, 7) is 0. The van der Waals surface area contributed by atoms with E-state index in [1.54, 1.807) is 12.1 Å². The van der Waals surface area contributed by atoms with Crippen LogP contribution in [0.4, 0.5) is 0 Å². The lowest BCUT2D eigenvalue weighted by molar-refractivity contribution is -0.109. The minimum Gasteiger partial charge on any atom is -0.493 e. The average Bonchev–Trinajstić information content (AvgIpc) is 2.43. The molecule has 0 bridgehead atoms. The highest BCUT2D eigenvalue weighted by molar-refractivity contribution is 6.05. The molecule has 0 heterocycles. The fourth-order valence-electron chi connectivity index (χ4n) is 1.41. The maximum atomic E-state index is 10.9. The lowest BCUT2D eigenvalue weighted by Crippen LogP contribution is -1.95. The number of ether oxygens (including phenoxy) is 3. The quantitative estimate of drug-likeness (QED) is 0.586. The van der Waals surface area contributed by atoms with Gasteiger partial charge in [0.25, 0.3) is 5.78 Å². The molecule has 0 radical (unpaired) electrons. The fraction of sp³-hybridized carbons (Fsp3) is 0.231. The number of nitriles is 1.